The van der Waals surface area contributed by atoms with E-state index in [2.05, 4.69) is 34.3 Å². The molecule has 1 N–H and O–H groups in total. The maximum absolute atomic E-state index is 12.3. The largest absolute Gasteiger partial charge is 0.360 e. The topological polar surface area (TPSA) is 58.1 Å². The van der Waals surface area contributed by atoms with Crippen molar-refractivity contribution in [2.45, 2.75) is 19.8 Å². The van der Waals surface area contributed by atoms with Gasteiger partial charge in [-0.25, -0.2) is 9.97 Å². The Balaban J connectivity index is 1.63. The molecule has 0 atom stereocenters. The standard InChI is InChI=1S/C19H20N4OS/c1-13-16-18(20-11-15(24)23-9-5-6-10-23)21-12-22-19(16)25-17(13)14-7-3-2-4-8-14/h2-4,7-8,12H,5-6,9-11H2,1H3,(H,20,21,22). The van der Waals surface area contributed by atoms with Crippen LogP contribution in [0.1, 0.15) is 18.4 Å². The van der Waals surface area contributed by atoms with Crippen molar-refractivity contribution in [3.05, 3.63) is 42.2 Å². The van der Waals surface area contributed by atoms with E-state index >= 15 is 0 Å². The summed E-state index contributed by atoms with van der Waals surface area (Å²) in [5.41, 5.74) is 2.34. The molecule has 1 amide bonds. The lowest BCUT2D eigenvalue weighted by molar-refractivity contribution is -0.128. The Hall–Kier alpha value is -2.47. The first kappa shape index (κ1) is 16.0. The van der Waals surface area contributed by atoms with Gasteiger partial charge in [-0.1, -0.05) is 30.3 Å². The number of carbonyl (C=O) groups excluding carboxylic acids is 1. The van der Waals surface area contributed by atoms with Crippen molar-refractivity contribution in [2.75, 3.05) is 25.0 Å². The van der Waals surface area contributed by atoms with E-state index in [9.17, 15) is 4.79 Å². The van der Waals surface area contributed by atoms with Crippen LogP contribution >= 0.6 is 11.3 Å². The van der Waals surface area contributed by atoms with Gasteiger partial charge in [-0.05, 0) is 30.9 Å². The fourth-order valence-corrected chi connectivity index (χ4v) is 4.46. The van der Waals surface area contributed by atoms with Crippen LogP contribution in [0.2, 0.25) is 0 Å². The zero-order valence-corrected chi connectivity index (χ0v) is 15.0. The summed E-state index contributed by atoms with van der Waals surface area (Å²) in [7, 11) is 0. The third kappa shape index (κ3) is 3.09. The van der Waals surface area contributed by atoms with Crippen LogP contribution in [0.3, 0.4) is 0 Å². The number of rotatable bonds is 4. The highest BCUT2D eigenvalue weighted by molar-refractivity contribution is 7.22. The number of amides is 1. The van der Waals surface area contributed by atoms with Crippen molar-refractivity contribution in [3.8, 4) is 10.4 Å². The number of aromatic nitrogens is 2. The van der Waals surface area contributed by atoms with Crippen LogP contribution in [-0.2, 0) is 4.79 Å². The average molecular weight is 352 g/mol. The molecule has 5 nitrogen and oxygen atoms in total. The second-order valence-electron chi connectivity index (χ2n) is 6.27. The summed E-state index contributed by atoms with van der Waals surface area (Å²) in [4.78, 5) is 25.2. The Morgan fingerprint density at radius 3 is 2.72 bits per heavy atom. The van der Waals surface area contributed by atoms with Gasteiger partial charge < -0.3 is 10.2 Å². The molecule has 0 unspecified atom stereocenters. The summed E-state index contributed by atoms with van der Waals surface area (Å²) in [5, 5.41) is 4.25. The number of fused-ring (bicyclic) bond motifs is 1. The van der Waals surface area contributed by atoms with E-state index in [0.29, 0.717) is 0 Å². The second kappa shape index (κ2) is 6.80. The Bertz CT molecular complexity index is 900. The summed E-state index contributed by atoms with van der Waals surface area (Å²) in [6, 6.07) is 10.3. The Kier molecular flexibility index (Phi) is 4.36. The van der Waals surface area contributed by atoms with Crippen molar-refractivity contribution in [3.63, 3.8) is 0 Å². The number of carbonyl (C=O) groups is 1. The molecule has 128 valence electrons. The molecule has 25 heavy (non-hydrogen) atoms. The van der Waals surface area contributed by atoms with Crippen LogP contribution in [-0.4, -0.2) is 40.4 Å². The number of hydrogen-bond donors (Lipinski definition) is 1. The highest BCUT2D eigenvalue weighted by Crippen LogP contribution is 2.39. The highest BCUT2D eigenvalue weighted by Gasteiger charge is 2.19. The van der Waals surface area contributed by atoms with Crippen LogP contribution in [0.15, 0.2) is 36.7 Å². The molecule has 2 aromatic heterocycles. The molecule has 0 bridgehead atoms. The third-order valence-corrected chi connectivity index (χ3v) is 5.88. The number of aryl methyl sites for hydroxylation is 1. The molecule has 3 aromatic rings. The number of anilines is 1. The molecule has 0 radical (unpaired) electrons. The summed E-state index contributed by atoms with van der Waals surface area (Å²) in [6.45, 7) is 4.12. The molecule has 0 saturated carbocycles. The molecule has 1 saturated heterocycles. The quantitative estimate of drug-likeness (QED) is 0.778. The first-order valence-corrected chi connectivity index (χ1v) is 9.37. The maximum atomic E-state index is 12.3. The molecule has 1 aliphatic heterocycles. The molecular formula is C19H20N4OS. The number of nitrogens with zero attached hydrogens (tertiary/aromatic N) is 3. The van der Waals surface area contributed by atoms with E-state index < -0.39 is 0 Å². The Morgan fingerprint density at radius 1 is 1.20 bits per heavy atom. The van der Waals surface area contributed by atoms with Crippen molar-refractivity contribution < 1.29 is 4.79 Å². The van der Waals surface area contributed by atoms with Crippen LogP contribution in [0.4, 0.5) is 5.82 Å². The van der Waals surface area contributed by atoms with Gasteiger partial charge in [0.1, 0.15) is 17.0 Å². The van der Waals surface area contributed by atoms with Gasteiger partial charge >= 0.3 is 0 Å². The van der Waals surface area contributed by atoms with Crippen molar-refractivity contribution in [1.29, 1.82) is 0 Å². The van der Waals surface area contributed by atoms with Crippen molar-refractivity contribution in [1.82, 2.24) is 14.9 Å². The van der Waals surface area contributed by atoms with E-state index in [1.807, 2.05) is 23.1 Å². The molecule has 6 heteroatoms. The second-order valence-corrected chi connectivity index (χ2v) is 7.27. The molecule has 0 aliphatic carbocycles. The van der Waals surface area contributed by atoms with E-state index in [-0.39, 0.29) is 12.5 Å². The first-order chi connectivity index (χ1) is 12.2. The molecule has 0 spiro atoms. The number of thiophene rings is 1. The molecule has 1 aliphatic rings. The Morgan fingerprint density at radius 2 is 1.96 bits per heavy atom. The predicted molar refractivity (Wildman–Crippen MR) is 102 cm³/mol. The lowest BCUT2D eigenvalue weighted by Crippen LogP contribution is -2.33. The number of nitrogens with one attached hydrogen (secondary N) is 1. The smallest absolute Gasteiger partial charge is 0.241 e. The average Bonchev–Trinajstić information content (AvgIpc) is 3.29. The van der Waals surface area contributed by atoms with E-state index in [0.717, 1.165) is 47.5 Å². The summed E-state index contributed by atoms with van der Waals surface area (Å²) < 4.78 is 0. The van der Waals surface area contributed by atoms with Crippen LogP contribution < -0.4 is 5.32 Å². The van der Waals surface area contributed by atoms with E-state index in [4.69, 9.17) is 0 Å². The van der Waals surface area contributed by atoms with Gasteiger partial charge in [0.2, 0.25) is 5.91 Å². The predicted octanol–water partition coefficient (Wildman–Crippen LogP) is 3.70. The molecule has 1 fully saturated rings. The SMILES string of the molecule is Cc1c(-c2ccccc2)sc2ncnc(NCC(=O)N3CCCC3)c12. The van der Waals surface area contributed by atoms with E-state index in [1.165, 1.54) is 10.4 Å². The van der Waals surface area contributed by atoms with Gasteiger partial charge in [0, 0.05) is 18.0 Å². The monoisotopic (exact) mass is 352 g/mol. The minimum Gasteiger partial charge on any atom is -0.360 e. The van der Waals surface area contributed by atoms with E-state index in [1.54, 1.807) is 17.7 Å². The molecule has 4 rings (SSSR count). The fraction of sp³-hybridized carbons (Fsp3) is 0.316. The summed E-state index contributed by atoms with van der Waals surface area (Å²) in [6.07, 6.45) is 3.77. The number of hydrogen-bond acceptors (Lipinski definition) is 5. The van der Waals surface area contributed by atoms with Crippen molar-refractivity contribution >= 4 is 33.3 Å². The lowest BCUT2D eigenvalue weighted by Gasteiger charge is -2.16. The van der Waals surface area contributed by atoms with Gasteiger partial charge in [0.15, 0.2) is 0 Å². The normalized spacial score (nSPS) is 14.2. The maximum Gasteiger partial charge on any atom is 0.241 e. The van der Waals surface area contributed by atoms with Gasteiger partial charge in [-0.2, -0.15) is 0 Å². The minimum absolute atomic E-state index is 0.139. The number of benzene rings is 1. The lowest BCUT2D eigenvalue weighted by atomic mass is 10.1. The van der Waals surface area contributed by atoms with Crippen LogP contribution in [0, 0.1) is 6.92 Å². The highest BCUT2D eigenvalue weighted by atomic mass is 32.1. The zero-order valence-electron chi connectivity index (χ0n) is 14.2. The summed E-state index contributed by atoms with van der Waals surface area (Å²) >= 11 is 1.66. The van der Waals surface area contributed by atoms with Crippen LogP contribution in [0.25, 0.3) is 20.7 Å². The van der Waals surface area contributed by atoms with Gasteiger partial charge in [-0.15, -0.1) is 11.3 Å². The summed E-state index contributed by atoms with van der Waals surface area (Å²) in [5.74, 6) is 0.883. The first-order valence-electron chi connectivity index (χ1n) is 8.55. The Labute approximate surface area is 150 Å². The molecular weight excluding hydrogens is 332 g/mol. The molecule has 1 aromatic carbocycles. The third-order valence-electron chi connectivity index (χ3n) is 4.63. The van der Waals surface area contributed by atoms with Crippen LogP contribution in [0.5, 0.6) is 0 Å². The van der Waals surface area contributed by atoms with Gasteiger partial charge in [0.05, 0.1) is 11.9 Å². The minimum atomic E-state index is 0.139. The zero-order chi connectivity index (χ0) is 17.2. The molecule has 3 heterocycles. The fourth-order valence-electron chi connectivity index (χ4n) is 3.31. The van der Waals surface area contributed by atoms with Gasteiger partial charge in [0.25, 0.3) is 0 Å². The van der Waals surface area contributed by atoms with Gasteiger partial charge in [-0.3, -0.25) is 4.79 Å². The van der Waals surface area contributed by atoms with Crippen molar-refractivity contribution in [2.24, 2.45) is 0 Å². The number of likely N-dealkylation sites (tertiary alicyclic amines) is 1.